The number of carbonyl (C=O) groups is 2. The number of benzene rings is 1. The molecule has 0 bridgehead atoms. The first-order chi connectivity index (χ1) is 11.9. The third-order valence-electron chi connectivity index (χ3n) is 4.49. The van der Waals surface area contributed by atoms with Crippen molar-refractivity contribution in [2.75, 3.05) is 31.3 Å². The fourth-order valence-electron chi connectivity index (χ4n) is 3.44. The minimum Gasteiger partial charge on any atom is -0.454 e. The van der Waals surface area contributed by atoms with Crippen LogP contribution in [-0.2, 0) is 4.79 Å². The van der Waals surface area contributed by atoms with Crippen LogP contribution in [0.25, 0.3) is 0 Å². The standard InChI is InChI=1S/C18H25N3O4/c1-12(2)21(13(3)4)17(22)10-19-7-8-20(18(19)23)14-5-6-15-16(9-14)25-11-24-15/h5-6,9,12-13H,7-8,10-11H2,1-4H3. The summed E-state index contributed by atoms with van der Waals surface area (Å²) in [6.45, 7) is 9.35. The van der Waals surface area contributed by atoms with Crippen LogP contribution < -0.4 is 14.4 Å². The highest BCUT2D eigenvalue weighted by Gasteiger charge is 2.33. The summed E-state index contributed by atoms with van der Waals surface area (Å²) in [6.07, 6.45) is 0. The average molecular weight is 347 g/mol. The van der Waals surface area contributed by atoms with Gasteiger partial charge in [0.2, 0.25) is 12.7 Å². The van der Waals surface area contributed by atoms with Crippen LogP contribution in [0.2, 0.25) is 0 Å². The summed E-state index contributed by atoms with van der Waals surface area (Å²) < 4.78 is 10.7. The first kappa shape index (κ1) is 17.4. The minimum absolute atomic E-state index is 0.0223. The molecule has 0 radical (unpaired) electrons. The Morgan fingerprint density at radius 1 is 1.12 bits per heavy atom. The fraction of sp³-hybridized carbons (Fsp3) is 0.556. The second kappa shape index (κ2) is 6.82. The Balaban J connectivity index is 1.68. The van der Waals surface area contributed by atoms with Crippen LogP contribution in [-0.4, -0.2) is 60.2 Å². The highest BCUT2D eigenvalue weighted by atomic mass is 16.7. The number of fused-ring (bicyclic) bond motifs is 1. The van der Waals surface area contributed by atoms with Crippen LogP contribution >= 0.6 is 0 Å². The van der Waals surface area contributed by atoms with Gasteiger partial charge < -0.3 is 19.3 Å². The minimum atomic E-state index is -0.153. The molecule has 1 saturated heterocycles. The summed E-state index contributed by atoms with van der Waals surface area (Å²) in [4.78, 5) is 30.4. The van der Waals surface area contributed by atoms with Crippen molar-refractivity contribution in [3.05, 3.63) is 18.2 Å². The monoisotopic (exact) mass is 347 g/mol. The van der Waals surface area contributed by atoms with Gasteiger partial charge in [-0.3, -0.25) is 9.69 Å². The Hall–Kier alpha value is -2.44. The molecule has 0 atom stereocenters. The number of anilines is 1. The van der Waals surface area contributed by atoms with Gasteiger partial charge in [-0.05, 0) is 39.8 Å². The first-order valence-electron chi connectivity index (χ1n) is 8.65. The topological polar surface area (TPSA) is 62.3 Å². The summed E-state index contributed by atoms with van der Waals surface area (Å²) in [7, 11) is 0. The molecule has 0 aromatic heterocycles. The number of nitrogens with zero attached hydrogens (tertiary/aromatic N) is 3. The second-order valence-electron chi connectivity index (χ2n) is 6.88. The SMILES string of the molecule is CC(C)N(C(=O)CN1CCN(c2ccc3c(c2)OCO3)C1=O)C(C)C. The molecule has 25 heavy (non-hydrogen) atoms. The maximum atomic E-state index is 12.7. The molecule has 0 aliphatic carbocycles. The van der Waals surface area contributed by atoms with Crippen LogP contribution in [0.1, 0.15) is 27.7 Å². The number of carbonyl (C=O) groups excluding carboxylic acids is 2. The lowest BCUT2D eigenvalue weighted by atomic mass is 10.2. The molecule has 0 N–H and O–H groups in total. The van der Waals surface area contributed by atoms with Crippen molar-refractivity contribution in [2.45, 2.75) is 39.8 Å². The van der Waals surface area contributed by atoms with E-state index in [9.17, 15) is 9.59 Å². The van der Waals surface area contributed by atoms with Gasteiger partial charge in [0.15, 0.2) is 11.5 Å². The van der Waals surface area contributed by atoms with Gasteiger partial charge in [-0.2, -0.15) is 0 Å². The van der Waals surface area contributed by atoms with E-state index in [0.29, 0.717) is 24.6 Å². The predicted octanol–water partition coefficient (Wildman–Crippen LogP) is 2.30. The van der Waals surface area contributed by atoms with Crippen molar-refractivity contribution < 1.29 is 19.1 Å². The molecule has 2 aliphatic rings. The normalized spacial score (nSPS) is 16.3. The van der Waals surface area contributed by atoms with Crippen molar-refractivity contribution in [3.63, 3.8) is 0 Å². The van der Waals surface area contributed by atoms with Crippen molar-refractivity contribution in [1.82, 2.24) is 9.80 Å². The maximum absolute atomic E-state index is 12.7. The molecule has 7 heteroatoms. The number of amides is 3. The molecule has 0 unspecified atom stereocenters. The molecule has 0 saturated carbocycles. The second-order valence-corrected chi connectivity index (χ2v) is 6.88. The van der Waals surface area contributed by atoms with Crippen molar-refractivity contribution in [1.29, 1.82) is 0 Å². The maximum Gasteiger partial charge on any atom is 0.325 e. The lowest BCUT2D eigenvalue weighted by Gasteiger charge is -2.32. The number of rotatable bonds is 5. The number of hydrogen-bond donors (Lipinski definition) is 0. The molecular formula is C18H25N3O4. The molecule has 1 aromatic rings. The Kier molecular flexibility index (Phi) is 4.74. The molecule has 7 nitrogen and oxygen atoms in total. The van der Waals surface area contributed by atoms with E-state index in [1.54, 1.807) is 21.9 Å². The Bertz CT molecular complexity index is 666. The van der Waals surface area contributed by atoms with Crippen LogP contribution in [0.15, 0.2) is 18.2 Å². The largest absolute Gasteiger partial charge is 0.454 e. The van der Waals surface area contributed by atoms with Crippen molar-refractivity contribution >= 4 is 17.6 Å². The van der Waals surface area contributed by atoms with Gasteiger partial charge >= 0.3 is 6.03 Å². The summed E-state index contributed by atoms with van der Waals surface area (Å²) >= 11 is 0. The molecule has 2 heterocycles. The Morgan fingerprint density at radius 3 is 2.48 bits per heavy atom. The quantitative estimate of drug-likeness (QED) is 0.820. The summed E-state index contributed by atoms with van der Waals surface area (Å²) in [5.41, 5.74) is 0.758. The highest BCUT2D eigenvalue weighted by Crippen LogP contribution is 2.36. The van der Waals surface area contributed by atoms with E-state index in [1.165, 1.54) is 0 Å². The molecule has 0 spiro atoms. The molecule has 1 aromatic carbocycles. The van der Waals surface area contributed by atoms with E-state index in [-0.39, 0.29) is 37.4 Å². The zero-order valence-electron chi connectivity index (χ0n) is 15.2. The van der Waals surface area contributed by atoms with Crippen LogP contribution in [0, 0.1) is 0 Å². The smallest absolute Gasteiger partial charge is 0.325 e. The van der Waals surface area contributed by atoms with E-state index in [0.717, 1.165) is 5.69 Å². The van der Waals surface area contributed by atoms with Crippen LogP contribution in [0.3, 0.4) is 0 Å². The summed E-state index contributed by atoms with van der Waals surface area (Å²) in [5, 5.41) is 0. The van der Waals surface area contributed by atoms with E-state index in [4.69, 9.17) is 9.47 Å². The zero-order chi connectivity index (χ0) is 18.1. The summed E-state index contributed by atoms with van der Waals surface area (Å²) in [5.74, 6) is 1.31. The average Bonchev–Trinajstić information content (AvgIpc) is 3.13. The molecule has 1 fully saturated rings. The van der Waals surface area contributed by atoms with Crippen LogP contribution in [0.4, 0.5) is 10.5 Å². The van der Waals surface area contributed by atoms with Gasteiger partial charge in [0.05, 0.1) is 0 Å². The highest BCUT2D eigenvalue weighted by molar-refractivity contribution is 5.96. The molecule has 2 aliphatic heterocycles. The third kappa shape index (κ3) is 3.36. The number of ether oxygens (including phenoxy) is 2. The van der Waals surface area contributed by atoms with Crippen molar-refractivity contribution in [3.8, 4) is 11.5 Å². The zero-order valence-corrected chi connectivity index (χ0v) is 15.2. The predicted molar refractivity (Wildman–Crippen MR) is 94.0 cm³/mol. The Morgan fingerprint density at radius 2 is 1.80 bits per heavy atom. The first-order valence-corrected chi connectivity index (χ1v) is 8.65. The third-order valence-corrected chi connectivity index (χ3v) is 4.49. The number of hydrogen-bond acceptors (Lipinski definition) is 4. The van der Waals surface area contributed by atoms with Gasteiger partial charge in [0.1, 0.15) is 6.54 Å². The van der Waals surface area contributed by atoms with E-state index in [1.807, 2.05) is 38.7 Å². The number of urea groups is 1. The van der Waals surface area contributed by atoms with Gasteiger partial charge in [-0.15, -0.1) is 0 Å². The van der Waals surface area contributed by atoms with E-state index < -0.39 is 0 Å². The van der Waals surface area contributed by atoms with Gasteiger partial charge in [0, 0.05) is 36.9 Å². The van der Waals surface area contributed by atoms with Gasteiger partial charge in [0.25, 0.3) is 0 Å². The molecule has 3 rings (SSSR count). The molecule has 136 valence electrons. The fourth-order valence-corrected chi connectivity index (χ4v) is 3.44. The molecular weight excluding hydrogens is 322 g/mol. The van der Waals surface area contributed by atoms with Gasteiger partial charge in [-0.1, -0.05) is 0 Å². The van der Waals surface area contributed by atoms with Crippen LogP contribution in [0.5, 0.6) is 11.5 Å². The molecule has 3 amide bonds. The lowest BCUT2D eigenvalue weighted by molar-refractivity contribution is -0.135. The van der Waals surface area contributed by atoms with E-state index in [2.05, 4.69) is 0 Å². The lowest BCUT2D eigenvalue weighted by Crippen LogP contribution is -2.48. The Labute approximate surface area is 148 Å². The summed E-state index contributed by atoms with van der Waals surface area (Å²) in [6, 6.07) is 5.51. The van der Waals surface area contributed by atoms with Gasteiger partial charge in [-0.25, -0.2) is 4.79 Å². The van der Waals surface area contributed by atoms with Crippen molar-refractivity contribution in [2.24, 2.45) is 0 Å². The van der Waals surface area contributed by atoms with E-state index >= 15 is 0 Å².